The molecule has 0 atom stereocenters. The van der Waals surface area contributed by atoms with Gasteiger partial charge in [-0.05, 0) is 43.3 Å². The highest BCUT2D eigenvalue weighted by atomic mass is 16.5. The van der Waals surface area contributed by atoms with Gasteiger partial charge in [-0.15, -0.1) is 0 Å². The minimum absolute atomic E-state index is 0.899. The number of likely N-dealkylation sites (N-methyl/N-ethyl adjacent to an activating group) is 1. The number of nitrogens with zero attached hydrogens (tertiary/aromatic N) is 2. The summed E-state index contributed by atoms with van der Waals surface area (Å²) in [5.41, 5.74) is 6.78. The summed E-state index contributed by atoms with van der Waals surface area (Å²) in [5.74, 6) is 0.931. The summed E-state index contributed by atoms with van der Waals surface area (Å²) in [6.07, 6.45) is 5.59. The van der Waals surface area contributed by atoms with Gasteiger partial charge < -0.3 is 14.2 Å². The number of hydrogen-bond donors (Lipinski definition) is 0. The fraction of sp³-hybridized carbons (Fsp3) is 0.304. The Kier molecular flexibility index (Phi) is 4.56. The second kappa shape index (κ2) is 7.00. The van der Waals surface area contributed by atoms with E-state index in [1.807, 2.05) is 0 Å². The molecule has 1 aliphatic heterocycles. The van der Waals surface area contributed by atoms with E-state index >= 15 is 0 Å². The predicted octanol–water partition coefficient (Wildman–Crippen LogP) is 4.66. The number of ether oxygens (including phenoxy) is 1. The van der Waals surface area contributed by atoms with E-state index in [1.165, 1.54) is 33.3 Å². The lowest BCUT2D eigenvalue weighted by atomic mass is 10.0. The molecule has 134 valence electrons. The maximum Gasteiger partial charge on any atom is 0.119 e. The first-order chi connectivity index (χ1) is 12.7. The molecule has 2 heterocycles. The SMILES string of the molecule is COc1ccc2c(c1)c1c(n2CC=Cc2ccc(C)cc2)CCN(C)C1. The van der Waals surface area contributed by atoms with E-state index in [9.17, 15) is 0 Å². The van der Waals surface area contributed by atoms with Crippen LogP contribution in [-0.2, 0) is 19.5 Å². The quantitative estimate of drug-likeness (QED) is 0.684. The average Bonchev–Trinajstić information content (AvgIpc) is 2.96. The Balaban J connectivity index is 1.71. The third kappa shape index (κ3) is 3.15. The maximum atomic E-state index is 5.46. The number of rotatable bonds is 4. The first-order valence-electron chi connectivity index (χ1n) is 9.25. The lowest BCUT2D eigenvalue weighted by molar-refractivity contribution is 0.310. The third-order valence-corrected chi connectivity index (χ3v) is 5.33. The summed E-state index contributed by atoms with van der Waals surface area (Å²) in [7, 11) is 3.94. The Morgan fingerprint density at radius 1 is 1.12 bits per heavy atom. The minimum atomic E-state index is 0.899. The van der Waals surface area contributed by atoms with Crippen LogP contribution in [0.15, 0.2) is 48.5 Å². The van der Waals surface area contributed by atoms with Gasteiger partial charge in [0, 0.05) is 42.7 Å². The van der Waals surface area contributed by atoms with Crippen LogP contribution in [0.5, 0.6) is 5.75 Å². The van der Waals surface area contributed by atoms with Gasteiger partial charge in [-0.2, -0.15) is 0 Å². The molecule has 0 saturated heterocycles. The van der Waals surface area contributed by atoms with E-state index in [-0.39, 0.29) is 0 Å². The number of aryl methyl sites for hydroxylation is 1. The van der Waals surface area contributed by atoms with Crippen LogP contribution < -0.4 is 4.74 Å². The van der Waals surface area contributed by atoms with Crippen LogP contribution in [0.3, 0.4) is 0 Å². The molecular formula is C23H26N2O. The standard InChI is InChI=1S/C23H26N2O/c1-17-6-8-18(9-7-17)5-4-13-25-22-11-10-19(26-3)15-20(22)21-16-24(2)14-12-23(21)25/h4-11,15H,12-14,16H2,1-3H3. The average molecular weight is 346 g/mol. The smallest absolute Gasteiger partial charge is 0.119 e. The van der Waals surface area contributed by atoms with Crippen molar-refractivity contribution in [3.05, 3.63) is 70.9 Å². The lowest BCUT2D eigenvalue weighted by Gasteiger charge is -2.24. The van der Waals surface area contributed by atoms with Gasteiger partial charge in [-0.1, -0.05) is 42.0 Å². The van der Waals surface area contributed by atoms with Gasteiger partial charge in [0.15, 0.2) is 0 Å². The van der Waals surface area contributed by atoms with Gasteiger partial charge in [0.2, 0.25) is 0 Å². The number of fused-ring (bicyclic) bond motifs is 3. The number of benzene rings is 2. The number of methoxy groups -OCH3 is 1. The van der Waals surface area contributed by atoms with Gasteiger partial charge in [0.05, 0.1) is 7.11 Å². The fourth-order valence-corrected chi connectivity index (χ4v) is 3.87. The molecule has 1 aliphatic rings. The van der Waals surface area contributed by atoms with Gasteiger partial charge >= 0.3 is 0 Å². The first-order valence-corrected chi connectivity index (χ1v) is 9.25. The monoisotopic (exact) mass is 346 g/mol. The highest BCUT2D eigenvalue weighted by Crippen LogP contribution is 2.33. The molecule has 0 spiro atoms. The van der Waals surface area contributed by atoms with Crippen LogP contribution in [-0.4, -0.2) is 30.2 Å². The van der Waals surface area contributed by atoms with Crippen LogP contribution in [0, 0.1) is 6.92 Å². The maximum absolute atomic E-state index is 5.46. The number of aromatic nitrogens is 1. The molecule has 0 N–H and O–H groups in total. The molecule has 0 fully saturated rings. The summed E-state index contributed by atoms with van der Waals surface area (Å²) in [6, 6.07) is 15.1. The van der Waals surface area contributed by atoms with Crippen molar-refractivity contribution >= 4 is 17.0 Å². The summed E-state index contributed by atoms with van der Waals surface area (Å²) in [4.78, 5) is 2.40. The minimum Gasteiger partial charge on any atom is -0.497 e. The molecule has 0 bridgehead atoms. The summed E-state index contributed by atoms with van der Waals surface area (Å²) < 4.78 is 7.94. The second-order valence-corrected chi connectivity index (χ2v) is 7.22. The summed E-state index contributed by atoms with van der Waals surface area (Å²) >= 11 is 0. The van der Waals surface area contributed by atoms with Crippen LogP contribution in [0.1, 0.15) is 22.4 Å². The van der Waals surface area contributed by atoms with Crippen LogP contribution in [0.25, 0.3) is 17.0 Å². The Labute approximate surface area is 155 Å². The van der Waals surface area contributed by atoms with Crippen molar-refractivity contribution in [3.8, 4) is 5.75 Å². The van der Waals surface area contributed by atoms with Crippen molar-refractivity contribution in [2.75, 3.05) is 20.7 Å². The molecule has 3 aromatic rings. The van der Waals surface area contributed by atoms with Crippen molar-refractivity contribution < 1.29 is 4.74 Å². The molecule has 0 unspecified atom stereocenters. The normalized spacial score (nSPS) is 14.9. The molecule has 0 aliphatic carbocycles. The van der Waals surface area contributed by atoms with Gasteiger partial charge in [-0.25, -0.2) is 0 Å². The van der Waals surface area contributed by atoms with E-state index in [4.69, 9.17) is 4.74 Å². The van der Waals surface area contributed by atoms with Crippen molar-refractivity contribution in [1.29, 1.82) is 0 Å². The van der Waals surface area contributed by atoms with E-state index in [0.29, 0.717) is 0 Å². The Morgan fingerprint density at radius 2 is 1.92 bits per heavy atom. The second-order valence-electron chi connectivity index (χ2n) is 7.22. The van der Waals surface area contributed by atoms with Crippen LogP contribution in [0.4, 0.5) is 0 Å². The van der Waals surface area contributed by atoms with Gasteiger partial charge in [0.1, 0.15) is 5.75 Å². The molecule has 0 amide bonds. The Bertz CT molecular complexity index is 950. The molecule has 1 aromatic heterocycles. The molecule has 3 heteroatoms. The van der Waals surface area contributed by atoms with Crippen molar-refractivity contribution in [2.24, 2.45) is 0 Å². The molecule has 3 nitrogen and oxygen atoms in total. The largest absolute Gasteiger partial charge is 0.497 e. The lowest BCUT2D eigenvalue weighted by Crippen LogP contribution is -2.27. The Hall–Kier alpha value is -2.52. The highest BCUT2D eigenvalue weighted by Gasteiger charge is 2.22. The molecule has 2 aromatic carbocycles. The molecule has 0 radical (unpaired) electrons. The molecule has 0 saturated carbocycles. The van der Waals surface area contributed by atoms with Gasteiger partial charge in [-0.3, -0.25) is 0 Å². The van der Waals surface area contributed by atoms with E-state index in [0.717, 1.165) is 31.8 Å². The van der Waals surface area contributed by atoms with Crippen LogP contribution in [0.2, 0.25) is 0 Å². The summed E-state index contributed by atoms with van der Waals surface area (Å²) in [5, 5.41) is 1.33. The zero-order valence-corrected chi connectivity index (χ0v) is 15.8. The zero-order chi connectivity index (χ0) is 18.1. The van der Waals surface area contributed by atoms with Crippen molar-refractivity contribution in [2.45, 2.75) is 26.4 Å². The molecule has 4 rings (SSSR count). The Morgan fingerprint density at radius 3 is 2.69 bits per heavy atom. The van der Waals surface area contributed by atoms with Gasteiger partial charge in [0.25, 0.3) is 0 Å². The van der Waals surface area contributed by atoms with Crippen molar-refractivity contribution in [1.82, 2.24) is 9.47 Å². The molecule has 26 heavy (non-hydrogen) atoms. The van der Waals surface area contributed by atoms with Crippen LogP contribution >= 0.6 is 0 Å². The third-order valence-electron chi connectivity index (χ3n) is 5.33. The topological polar surface area (TPSA) is 17.4 Å². The fourth-order valence-electron chi connectivity index (χ4n) is 3.87. The number of hydrogen-bond acceptors (Lipinski definition) is 2. The first kappa shape index (κ1) is 16.9. The summed E-state index contributed by atoms with van der Waals surface area (Å²) in [6.45, 7) is 5.14. The van der Waals surface area contributed by atoms with E-state index < -0.39 is 0 Å². The predicted molar refractivity (Wildman–Crippen MR) is 109 cm³/mol. The van der Waals surface area contributed by atoms with E-state index in [2.05, 4.69) is 78.1 Å². The number of allylic oxidation sites excluding steroid dienone is 1. The van der Waals surface area contributed by atoms with E-state index in [1.54, 1.807) is 7.11 Å². The highest BCUT2D eigenvalue weighted by molar-refractivity contribution is 5.87. The zero-order valence-electron chi connectivity index (χ0n) is 15.8. The van der Waals surface area contributed by atoms with Crippen molar-refractivity contribution in [3.63, 3.8) is 0 Å². The molecular weight excluding hydrogens is 320 g/mol.